The van der Waals surface area contributed by atoms with Crippen LogP contribution in [0, 0.1) is 17.2 Å². The third kappa shape index (κ3) is 4.05. The number of benzene rings is 2. The van der Waals surface area contributed by atoms with Crippen LogP contribution >= 0.6 is 0 Å². The van der Waals surface area contributed by atoms with Crippen molar-refractivity contribution in [3.63, 3.8) is 0 Å². The van der Waals surface area contributed by atoms with Gasteiger partial charge in [0, 0.05) is 6.04 Å². The van der Waals surface area contributed by atoms with E-state index in [1.165, 1.54) is 6.42 Å². The van der Waals surface area contributed by atoms with E-state index in [0.29, 0.717) is 5.92 Å². The minimum atomic E-state index is -0.277. The molecule has 0 aliphatic heterocycles. The van der Waals surface area contributed by atoms with Crippen LogP contribution in [0.5, 0.6) is 5.75 Å². The van der Waals surface area contributed by atoms with Gasteiger partial charge in [-0.2, -0.15) is 5.26 Å². The highest BCUT2D eigenvalue weighted by Gasteiger charge is 2.24. The molecule has 2 aromatic carbocycles. The summed E-state index contributed by atoms with van der Waals surface area (Å²) in [4.78, 5) is 12.5. The van der Waals surface area contributed by atoms with Gasteiger partial charge < -0.3 is 10.1 Å². The highest BCUT2D eigenvalue weighted by atomic mass is 16.5. The Morgan fingerprint density at radius 1 is 1.19 bits per heavy atom. The van der Waals surface area contributed by atoms with Gasteiger partial charge in [0.15, 0.2) is 0 Å². The van der Waals surface area contributed by atoms with E-state index in [4.69, 9.17) is 4.74 Å². The smallest absolute Gasteiger partial charge is 0.262 e. The summed E-state index contributed by atoms with van der Waals surface area (Å²) in [5.74, 6) is 0.990. The number of ether oxygens (including phenoxy) is 1. The summed E-state index contributed by atoms with van der Waals surface area (Å²) in [5.41, 5.74) is 0.988. The van der Waals surface area contributed by atoms with Crippen LogP contribution in [0.15, 0.2) is 42.0 Å². The molecule has 2 aromatic rings. The van der Waals surface area contributed by atoms with Crippen molar-refractivity contribution in [3.8, 4) is 11.8 Å². The Labute approximate surface area is 154 Å². The van der Waals surface area contributed by atoms with Crippen LogP contribution in [0.3, 0.4) is 0 Å². The van der Waals surface area contributed by atoms with E-state index in [-0.39, 0.29) is 17.5 Å². The summed E-state index contributed by atoms with van der Waals surface area (Å²) >= 11 is 0. The molecule has 1 amide bonds. The number of amides is 1. The number of carbonyl (C=O) groups excluding carboxylic acids is 1. The van der Waals surface area contributed by atoms with Crippen LogP contribution in [-0.2, 0) is 4.79 Å². The molecule has 0 bridgehead atoms. The molecule has 134 valence electrons. The third-order valence-electron chi connectivity index (χ3n) is 5.18. The molecule has 0 heterocycles. The molecule has 1 fully saturated rings. The first-order valence-corrected chi connectivity index (χ1v) is 9.11. The van der Waals surface area contributed by atoms with Crippen molar-refractivity contribution in [2.45, 2.75) is 38.6 Å². The second-order valence-corrected chi connectivity index (χ2v) is 6.98. The Morgan fingerprint density at radius 3 is 2.65 bits per heavy atom. The second kappa shape index (κ2) is 8.05. The van der Waals surface area contributed by atoms with E-state index >= 15 is 0 Å². The van der Waals surface area contributed by atoms with Crippen molar-refractivity contribution < 1.29 is 9.53 Å². The average Bonchev–Trinajstić information content (AvgIpc) is 2.67. The third-order valence-corrected chi connectivity index (χ3v) is 5.18. The van der Waals surface area contributed by atoms with Crippen molar-refractivity contribution in [1.82, 2.24) is 5.32 Å². The van der Waals surface area contributed by atoms with Crippen LogP contribution in [0.2, 0.25) is 0 Å². The second-order valence-electron chi connectivity index (χ2n) is 6.98. The molecule has 1 saturated carbocycles. The highest BCUT2D eigenvalue weighted by molar-refractivity contribution is 6.02. The van der Waals surface area contributed by atoms with Gasteiger partial charge in [0.25, 0.3) is 5.91 Å². The van der Waals surface area contributed by atoms with Crippen molar-refractivity contribution >= 4 is 22.8 Å². The number of hydrogen-bond acceptors (Lipinski definition) is 3. The van der Waals surface area contributed by atoms with Crippen molar-refractivity contribution in [2.24, 2.45) is 5.92 Å². The number of nitriles is 1. The quantitative estimate of drug-likeness (QED) is 0.656. The number of fused-ring (bicyclic) bond motifs is 1. The highest BCUT2D eigenvalue weighted by Crippen LogP contribution is 2.25. The van der Waals surface area contributed by atoms with Crippen LogP contribution in [0.4, 0.5) is 0 Å². The summed E-state index contributed by atoms with van der Waals surface area (Å²) in [7, 11) is 1.64. The number of methoxy groups -OCH3 is 1. The Balaban J connectivity index is 1.80. The lowest BCUT2D eigenvalue weighted by Crippen LogP contribution is -2.41. The number of hydrogen-bond donors (Lipinski definition) is 1. The SMILES string of the molecule is COc1ccc2cc(/C=C(\C#N)C(=O)N[C@H]3CCCC[C@@H]3C)ccc2c1. The Hall–Kier alpha value is -2.80. The van der Waals surface area contributed by atoms with Crippen LogP contribution < -0.4 is 10.1 Å². The molecule has 1 N–H and O–H groups in total. The van der Waals surface area contributed by atoms with E-state index < -0.39 is 0 Å². The fourth-order valence-electron chi connectivity index (χ4n) is 3.55. The zero-order chi connectivity index (χ0) is 18.5. The maximum absolute atomic E-state index is 12.5. The van der Waals surface area contributed by atoms with Crippen LogP contribution in [0.25, 0.3) is 16.8 Å². The molecular weight excluding hydrogens is 324 g/mol. The van der Waals surface area contributed by atoms with Gasteiger partial charge in [-0.3, -0.25) is 4.79 Å². The molecule has 1 aliphatic carbocycles. The van der Waals surface area contributed by atoms with Gasteiger partial charge in [0.1, 0.15) is 17.4 Å². The van der Waals surface area contributed by atoms with Gasteiger partial charge in [0.05, 0.1) is 7.11 Å². The summed E-state index contributed by atoms with van der Waals surface area (Å²) in [6, 6.07) is 13.9. The Kier molecular flexibility index (Phi) is 5.58. The number of rotatable bonds is 4. The van der Waals surface area contributed by atoms with Crippen LogP contribution in [-0.4, -0.2) is 19.1 Å². The van der Waals surface area contributed by atoms with Gasteiger partial charge >= 0.3 is 0 Å². The Morgan fingerprint density at radius 2 is 1.92 bits per heavy atom. The van der Waals surface area contributed by atoms with Gasteiger partial charge in [-0.05, 0) is 59.4 Å². The standard InChI is InChI=1S/C22H24N2O2/c1-15-5-3-4-6-21(15)24-22(25)19(14-23)12-16-7-8-18-13-20(26-2)10-9-17(18)11-16/h7-13,15,21H,3-6H2,1-2H3,(H,24,25)/b19-12+/t15-,21-/m0/s1. The fraction of sp³-hybridized carbons (Fsp3) is 0.364. The molecule has 2 atom stereocenters. The molecular formula is C22H24N2O2. The Bertz CT molecular complexity index is 879. The van der Waals surface area contributed by atoms with E-state index in [1.54, 1.807) is 13.2 Å². The van der Waals surface area contributed by atoms with Crippen molar-refractivity contribution in [3.05, 3.63) is 47.5 Å². The monoisotopic (exact) mass is 348 g/mol. The van der Waals surface area contributed by atoms with E-state index in [2.05, 4.69) is 18.3 Å². The lowest BCUT2D eigenvalue weighted by Gasteiger charge is -2.29. The first kappa shape index (κ1) is 18.0. The first-order valence-electron chi connectivity index (χ1n) is 9.11. The maximum atomic E-state index is 12.5. The predicted octanol–water partition coefficient (Wildman–Crippen LogP) is 4.45. The molecule has 1 aliphatic rings. The maximum Gasteiger partial charge on any atom is 0.262 e. The molecule has 0 unspecified atom stereocenters. The van der Waals surface area contributed by atoms with E-state index in [1.807, 2.05) is 36.4 Å². The number of nitrogens with one attached hydrogen (secondary N) is 1. The predicted molar refractivity (Wildman–Crippen MR) is 104 cm³/mol. The average molecular weight is 348 g/mol. The van der Waals surface area contributed by atoms with Gasteiger partial charge in [-0.15, -0.1) is 0 Å². The van der Waals surface area contributed by atoms with Crippen molar-refractivity contribution in [2.75, 3.05) is 7.11 Å². The van der Waals surface area contributed by atoms with Gasteiger partial charge in [-0.1, -0.05) is 38.0 Å². The zero-order valence-corrected chi connectivity index (χ0v) is 15.3. The largest absolute Gasteiger partial charge is 0.497 e. The molecule has 26 heavy (non-hydrogen) atoms. The fourth-order valence-corrected chi connectivity index (χ4v) is 3.55. The molecule has 0 spiro atoms. The molecule has 4 heteroatoms. The minimum Gasteiger partial charge on any atom is -0.497 e. The molecule has 4 nitrogen and oxygen atoms in total. The van der Waals surface area contributed by atoms with E-state index in [0.717, 1.165) is 41.3 Å². The lowest BCUT2D eigenvalue weighted by molar-refractivity contribution is -0.118. The van der Waals surface area contributed by atoms with E-state index in [9.17, 15) is 10.1 Å². The number of carbonyl (C=O) groups is 1. The first-order chi connectivity index (χ1) is 12.6. The van der Waals surface area contributed by atoms with Gasteiger partial charge in [0.2, 0.25) is 0 Å². The van der Waals surface area contributed by atoms with Crippen LogP contribution in [0.1, 0.15) is 38.2 Å². The lowest BCUT2D eigenvalue weighted by atomic mass is 9.86. The molecule has 0 saturated heterocycles. The summed E-state index contributed by atoms with van der Waals surface area (Å²) < 4.78 is 5.24. The summed E-state index contributed by atoms with van der Waals surface area (Å²) in [6.07, 6.45) is 6.13. The normalized spacial score (nSPS) is 20.4. The molecule has 0 radical (unpaired) electrons. The number of nitrogens with zero attached hydrogens (tertiary/aromatic N) is 1. The topological polar surface area (TPSA) is 62.1 Å². The van der Waals surface area contributed by atoms with Gasteiger partial charge in [-0.25, -0.2) is 0 Å². The minimum absolute atomic E-state index is 0.149. The zero-order valence-electron chi connectivity index (χ0n) is 15.3. The molecule has 0 aromatic heterocycles. The summed E-state index contributed by atoms with van der Waals surface area (Å²) in [6.45, 7) is 2.16. The van der Waals surface area contributed by atoms with Crippen molar-refractivity contribution in [1.29, 1.82) is 5.26 Å². The summed E-state index contributed by atoms with van der Waals surface area (Å²) in [5, 5.41) is 14.6. The molecule has 3 rings (SSSR count).